The fraction of sp³-hybridized carbons (Fsp3) is 0.622. The van der Waals surface area contributed by atoms with Crippen LogP contribution in [0.5, 0.6) is 5.75 Å². The van der Waals surface area contributed by atoms with Crippen LogP contribution in [0.4, 0.5) is 0 Å². The summed E-state index contributed by atoms with van der Waals surface area (Å²) in [7, 11) is 1.16. The van der Waals surface area contributed by atoms with Gasteiger partial charge in [0.15, 0.2) is 35.5 Å². The zero-order chi connectivity index (χ0) is 45.3. The van der Waals surface area contributed by atoms with Crippen LogP contribution in [0, 0.1) is 24.7 Å². The van der Waals surface area contributed by atoms with Gasteiger partial charge in [0.05, 0.1) is 36.5 Å². The molecule has 4 aliphatic carbocycles. The predicted molar refractivity (Wildman–Crippen MR) is 213 cm³/mol. The molecule has 0 aromatic heterocycles. The molecule has 1 heterocycles. The third-order valence-electron chi connectivity index (χ3n) is 13.2. The smallest absolute Gasteiger partial charge is 0.333 e. The standard InChI is InChI=1S/C45H56O16/c1-10-11-19(2)14-21(4)42(53)61-40-24(7)58-30(18-43(40,8)54)60-28-13-12-25(15-20(28)3)59-41-37(50)32(23(6)46)38(51)45(56)39(52)33-26(17-44(41,45)55)22(5)31-34(36(33)49)27(47)16-29(57-9)35(31)48/h14,16,19-20,24-25,28,30,32,40-41,49,54-56H,10-13,15,17-18H2,1-9H3/b21-14-/t19-,20?,24+,25?,28?,30+,32-,40-,41-,43-,44-,45-/m1/s1. The van der Waals surface area contributed by atoms with Gasteiger partial charge in [0.1, 0.15) is 34.8 Å². The topological polar surface area (TPSA) is 247 Å². The second kappa shape index (κ2) is 16.7. The summed E-state index contributed by atoms with van der Waals surface area (Å²) >= 11 is 0. The van der Waals surface area contributed by atoms with Gasteiger partial charge in [-0.15, -0.1) is 0 Å². The maximum Gasteiger partial charge on any atom is 0.333 e. The number of carbonyl (C=O) groups is 7. The summed E-state index contributed by atoms with van der Waals surface area (Å²) in [5, 5.41) is 47.5. The average Bonchev–Trinajstić information content (AvgIpc) is 3.17. The van der Waals surface area contributed by atoms with Crippen LogP contribution >= 0.6 is 0 Å². The molecule has 4 N–H and O–H groups in total. The molecule has 0 spiro atoms. The van der Waals surface area contributed by atoms with Gasteiger partial charge in [-0.3, -0.25) is 28.8 Å². The van der Waals surface area contributed by atoms with Gasteiger partial charge in [-0.1, -0.05) is 33.3 Å². The number of methoxy groups -OCH3 is 1. The number of esters is 1. The SMILES string of the molecule is CCC[C@@H](C)/C=C(/C)C(=O)O[C@@H]1[C@H](C)O[C@@H](OC2CCC(O[C@@H]3C(=O)[C@@H](C(C)=O)C(=O)[C@@]4(O)C(=O)c5c(O)c6c(c(C)c5C[C@@]34O)C(=O)C(OC)=CC6=O)CC2C)C[C@@]1(C)O. The largest absolute Gasteiger partial charge is 0.506 e. The number of phenols is 1. The summed E-state index contributed by atoms with van der Waals surface area (Å²) in [6.45, 7) is 13.1. The molecule has 1 aromatic carbocycles. The summed E-state index contributed by atoms with van der Waals surface area (Å²) in [6.07, 6.45) is -1.65. The number of carbonyl (C=O) groups excluding carboxylic acids is 7. The molecule has 3 fully saturated rings. The number of ketones is 6. The zero-order valence-corrected chi connectivity index (χ0v) is 36.0. The van der Waals surface area contributed by atoms with Crippen molar-refractivity contribution >= 4 is 40.7 Å². The normalized spacial score (nSPS) is 35.8. The Bertz CT molecular complexity index is 2130. The van der Waals surface area contributed by atoms with E-state index in [0.717, 1.165) is 33.0 Å². The number of aromatic hydroxyl groups is 1. The van der Waals surface area contributed by atoms with Crippen LogP contribution < -0.4 is 0 Å². The maximum atomic E-state index is 14.4. The van der Waals surface area contributed by atoms with E-state index in [9.17, 15) is 54.0 Å². The Balaban J connectivity index is 1.22. The lowest BCUT2D eigenvalue weighted by Gasteiger charge is -2.53. The molecule has 3 unspecified atom stereocenters. The Kier molecular flexibility index (Phi) is 12.6. The van der Waals surface area contributed by atoms with Crippen molar-refractivity contribution in [2.45, 2.75) is 154 Å². The van der Waals surface area contributed by atoms with E-state index in [4.69, 9.17) is 23.7 Å². The highest BCUT2D eigenvalue weighted by Gasteiger charge is 2.74. The lowest BCUT2D eigenvalue weighted by molar-refractivity contribution is -0.293. The van der Waals surface area contributed by atoms with Crippen molar-refractivity contribution in [3.05, 3.63) is 51.3 Å². The highest BCUT2D eigenvalue weighted by atomic mass is 16.7. The molecular formula is C45H56O16. The van der Waals surface area contributed by atoms with E-state index in [-0.39, 0.29) is 53.5 Å². The Morgan fingerprint density at radius 2 is 1.69 bits per heavy atom. The number of hydrogen-bond donors (Lipinski definition) is 4. The predicted octanol–water partition coefficient (Wildman–Crippen LogP) is 3.31. The van der Waals surface area contributed by atoms with Gasteiger partial charge in [-0.25, -0.2) is 4.79 Å². The molecule has 0 radical (unpaired) electrons. The molecule has 16 nitrogen and oxygen atoms in total. The summed E-state index contributed by atoms with van der Waals surface area (Å²) in [5.74, 6) is -11.3. The average molecular weight is 853 g/mol. The number of hydrogen-bond acceptors (Lipinski definition) is 16. The van der Waals surface area contributed by atoms with Crippen molar-refractivity contribution < 1.29 is 77.7 Å². The molecule has 1 aliphatic heterocycles. The maximum absolute atomic E-state index is 14.4. The number of fused-ring (bicyclic) bond motifs is 3. The lowest BCUT2D eigenvalue weighted by Crippen LogP contribution is -2.79. The minimum Gasteiger partial charge on any atom is -0.506 e. The fourth-order valence-corrected chi connectivity index (χ4v) is 10.0. The molecule has 2 saturated carbocycles. The highest BCUT2D eigenvalue weighted by molar-refractivity contribution is 6.35. The molecule has 12 atom stereocenters. The van der Waals surface area contributed by atoms with Crippen molar-refractivity contribution in [2.75, 3.05) is 7.11 Å². The van der Waals surface area contributed by atoms with Crippen molar-refractivity contribution in [2.24, 2.45) is 17.8 Å². The van der Waals surface area contributed by atoms with E-state index >= 15 is 0 Å². The minimum atomic E-state index is -3.49. The molecule has 6 rings (SSSR count). The first kappa shape index (κ1) is 46.1. The van der Waals surface area contributed by atoms with E-state index in [1.54, 1.807) is 20.8 Å². The molecule has 1 saturated heterocycles. The third-order valence-corrected chi connectivity index (χ3v) is 13.2. The molecular weight excluding hydrogens is 796 g/mol. The molecule has 1 aromatic rings. The quantitative estimate of drug-likeness (QED) is 0.142. The van der Waals surface area contributed by atoms with Gasteiger partial charge in [0.25, 0.3) is 0 Å². The number of allylic oxidation sites excluding steroid dienone is 3. The van der Waals surface area contributed by atoms with Gasteiger partial charge in [0, 0.05) is 30.1 Å². The van der Waals surface area contributed by atoms with Gasteiger partial charge in [-0.2, -0.15) is 0 Å². The fourth-order valence-electron chi connectivity index (χ4n) is 10.0. The van der Waals surface area contributed by atoms with Gasteiger partial charge < -0.3 is 44.1 Å². The van der Waals surface area contributed by atoms with E-state index in [1.165, 1.54) is 6.92 Å². The van der Waals surface area contributed by atoms with Gasteiger partial charge in [0.2, 0.25) is 17.2 Å². The third kappa shape index (κ3) is 7.62. The van der Waals surface area contributed by atoms with Crippen LogP contribution in [-0.4, -0.2) is 122 Å². The number of benzene rings is 1. The monoisotopic (exact) mass is 852 g/mol. The first-order valence-electron chi connectivity index (χ1n) is 20.8. The highest BCUT2D eigenvalue weighted by Crippen LogP contribution is 2.51. The second-order valence-corrected chi connectivity index (χ2v) is 17.8. The van der Waals surface area contributed by atoms with Crippen molar-refractivity contribution in [3.63, 3.8) is 0 Å². The van der Waals surface area contributed by atoms with Crippen molar-refractivity contribution in [3.8, 4) is 5.75 Å². The van der Waals surface area contributed by atoms with Gasteiger partial charge >= 0.3 is 5.97 Å². The van der Waals surface area contributed by atoms with Crippen LogP contribution in [0.2, 0.25) is 0 Å². The minimum absolute atomic E-state index is 0.0212. The van der Waals surface area contributed by atoms with Crippen LogP contribution in [-0.2, 0) is 49.3 Å². The van der Waals surface area contributed by atoms with E-state index in [2.05, 4.69) is 6.92 Å². The van der Waals surface area contributed by atoms with E-state index < -0.39 is 123 Å². The lowest BCUT2D eigenvalue weighted by atomic mass is 9.55. The first-order chi connectivity index (χ1) is 28.4. The molecule has 61 heavy (non-hydrogen) atoms. The Hall–Kier alpha value is -4.45. The molecule has 332 valence electrons. The van der Waals surface area contributed by atoms with Crippen LogP contribution in [0.25, 0.3) is 0 Å². The molecule has 0 bridgehead atoms. The first-order valence-corrected chi connectivity index (χ1v) is 20.8. The summed E-state index contributed by atoms with van der Waals surface area (Å²) in [6, 6.07) is 0. The van der Waals surface area contributed by atoms with E-state index in [1.807, 2.05) is 19.9 Å². The van der Waals surface area contributed by atoms with Gasteiger partial charge in [-0.05, 0) is 83.3 Å². The number of Topliss-reactive ketones (excluding diaryl/α,β-unsaturated/α-hetero) is 5. The summed E-state index contributed by atoms with van der Waals surface area (Å²) in [5.41, 5.74) is -9.44. The molecule has 5 aliphatic rings. The Morgan fingerprint density at radius 3 is 2.28 bits per heavy atom. The zero-order valence-electron chi connectivity index (χ0n) is 36.0. The Morgan fingerprint density at radius 1 is 1.02 bits per heavy atom. The van der Waals surface area contributed by atoms with Crippen molar-refractivity contribution in [1.82, 2.24) is 0 Å². The number of phenolic OH excluding ortho intramolecular Hbond substituents is 1. The van der Waals surface area contributed by atoms with Crippen LogP contribution in [0.1, 0.15) is 129 Å². The number of rotatable bonds is 11. The summed E-state index contributed by atoms with van der Waals surface area (Å²) < 4.78 is 29.6. The summed E-state index contributed by atoms with van der Waals surface area (Å²) in [4.78, 5) is 94.8. The number of ether oxygens (including phenoxy) is 5. The number of aliphatic hydroxyl groups is 3. The van der Waals surface area contributed by atoms with Crippen LogP contribution in [0.15, 0.2) is 23.5 Å². The van der Waals surface area contributed by atoms with Crippen LogP contribution in [0.3, 0.4) is 0 Å². The second-order valence-electron chi connectivity index (χ2n) is 17.8. The van der Waals surface area contributed by atoms with E-state index in [0.29, 0.717) is 12.0 Å². The Labute approximate surface area is 353 Å². The van der Waals surface area contributed by atoms with Crippen molar-refractivity contribution in [1.29, 1.82) is 0 Å². The molecule has 0 amide bonds. The molecule has 16 heteroatoms.